The largest absolute Gasteiger partial charge is 0.481 e. The lowest BCUT2D eigenvalue weighted by Gasteiger charge is -2.20. The van der Waals surface area contributed by atoms with Gasteiger partial charge in [-0.1, -0.05) is 32.9 Å². The molecule has 1 N–H and O–H groups in total. The van der Waals surface area contributed by atoms with Crippen LogP contribution in [0.2, 0.25) is 0 Å². The lowest BCUT2D eigenvalue weighted by molar-refractivity contribution is -0.122. The van der Waals surface area contributed by atoms with Crippen LogP contribution in [0.5, 0.6) is 5.75 Å². The Morgan fingerprint density at radius 3 is 2.11 bits per heavy atom. The van der Waals surface area contributed by atoms with Crippen molar-refractivity contribution >= 4 is 17.6 Å². The fourth-order valence-electron chi connectivity index (χ4n) is 2.44. The van der Waals surface area contributed by atoms with E-state index in [0.29, 0.717) is 23.6 Å². The molecule has 2 rings (SSSR count). The quantitative estimate of drug-likeness (QED) is 0.758. The maximum atomic E-state index is 12.3. The molecule has 0 fully saturated rings. The molecule has 0 saturated heterocycles. The molecule has 0 saturated carbocycles. The average molecular weight is 369 g/mol. The second-order valence-electron chi connectivity index (χ2n) is 7.32. The number of benzene rings is 2. The van der Waals surface area contributed by atoms with E-state index in [4.69, 9.17) is 9.47 Å². The van der Waals surface area contributed by atoms with Gasteiger partial charge in [0.2, 0.25) is 0 Å². The van der Waals surface area contributed by atoms with Crippen molar-refractivity contribution in [3.05, 3.63) is 59.7 Å². The number of rotatable bonds is 6. The van der Waals surface area contributed by atoms with Gasteiger partial charge in [-0.15, -0.1) is 0 Å². The van der Waals surface area contributed by atoms with E-state index in [1.54, 1.807) is 38.1 Å². The van der Waals surface area contributed by atoms with Crippen LogP contribution < -0.4 is 10.1 Å². The Balaban J connectivity index is 1.94. The van der Waals surface area contributed by atoms with E-state index in [0.717, 1.165) is 0 Å². The highest BCUT2D eigenvalue weighted by Gasteiger charge is 2.17. The van der Waals surface area contributed by atoms with Crippen LogP contribution in [-0.4, -0.2) is 24.6 Å². The number of amides is 1. The topological polar surface area (TPSA) is 64.6 Å². The van der Waals surface area contributed by atoms with E-state index in [1.807, 2.05) is 24.3 Å². The number of esters is 1. The summed E-state index contributed by atoms with van der Waals surface area (Å²) in [7, 11) is 0. The highest BCUT2D eigenvalue weighted by atomic mass is 16.5. The maximum absolute atomic E-state index is 12.3. The van der Waals surface area contributed by atoms with Crippen molar-refractivity contribution < 1.29 is 19.1 Å². The van der Waals surface area contributed by atoms with Crippen LogP contribution in [-0.2, 0) is 14.9 Å². The number of hydrogen-bond donors (Lipinski definition) is 1. The normalized spacial score (nSPS) is 12.2. The molecule has 0 radical (unpaired) electrons. The standard InChI is InChI=1S/C22H27NO4/c1-6-26-21(25)16-7-11-18(12-8-16)23-20(24)15(2)27-19-13-9-17(10-14-19)22(3,4)5/h7-15H,6H2,1-5H3,(H,23,24)/t15-/m1/s1. The molecule has 144 valence electrons. The van der Waals surface area contributed by atoms with Crippen LogP contribution in [0.25, 0.3) is 0 Å². The van der Waals surface area contributed by atoms with Crippen LogP contribution >= 0.6 is 0 Å². The molecule has 5 nitrogen and oxygen atoms in total. The Labute approximate surface area is 160 Å². The van der Waals surface area contributed by atoms with Gasteiger partial charge in [-0.2, -0.15) is 0 Å². The van der Waals surface area contributed by atoms with Gasteiger partial charge in [0.05, 0.1) is 12.2 Å². The summed E-state index contributed by atoms with van der Waals surface area (Å²) in [5.41, 5.74) is 2.30. The Morgan fingerprint density at radius 2 is 1.59 bits per heavy atom. The first-order chi connectivity index (χ1) is 12.7. The van der Waals surface area contributed by atoms with Gasteiger partial charge in [-0.3, -0.25) is 4.79 Å². The van der Waals surface area contributed by atoms with E-state index in [2.05, 4.69) is 26.1 Å². The number of nitrogens with one attached hydrogen (secondary N) is 1. The number of anilines is 1. The molecular formula is C22H27NO4. The number of carbonyl (C=O) groups is 2. The molecule has 5 heteroatoms. The van der Waals surface area contributed by atoms with Crippen molar-refractivity contribution in [2.45, 2.75) is 46.1 Å². The van der Waals surface area contributed by atoms with Crippen molar-refractivity contribution in [1.29, 1.82) is 0 Å². The van der Waals surface area contributed by atoms with Crippen LogP contribution in [0.1, 0.15) is 50.5 Å². The van der Waals surface area contributed by atoms with Crippen molar-refractivity contribution in [1.82, 2.24) is 0 Å². The van der Waals surface area contributed by atoms with E-state index in [1.165, 1.54) is 5.56 Å². The predicted molar refractivity (Wildman–Crippen MR) is 106 cm³/mol. The second-order valence-corrected chi connectivity index (χ2v) is 7.32. The third-order valence-electron chi connectivity index (χ3n) is 4.07. The maximum Gasteiger partial charge on any atom is 0.338 e. The fraction of sp³-hybridized carbons (Fsp3) is 0.364. The lowest BCUT2D eigenvalue weighted by Crippen LogP contribution is -2.30. The molecule has 0 aliphatic heterocycles. The minimum atomic E-state index is -0.657. The first-order valence-electron chi connectivity index (χ1n) is 9.06. The summed E-state index contributed by atoms with van der Waals surface area (Å²) in [5.74, 6) is -0.00660. The van der Waals surface area contributed by atoms with Gasteiger partial charge < -0.3 is 14.8 Å². The van der Waals surface area contributed by atoms with Gasteiger partial charge in [0.25, 0.3) is 5.91 Å². The zero-order valence-electron chi connectivity index (χ0n) is 16.5. The van der Waals surface area contributed by atoms with Crippen molar-refractivity contribution in [3.8, 4) is 5.75 Å². The molecule has 0 aromatic heterocycles. The van der Waals surface area contributed by atoms with Crippen molar-refractivity contribution in [3.63, 3.8) is 0 Å². The first kappa shape index (κ1) is 20.5. The van der Waals surface area contributed by atoms with Crippen LogP contribution in [0.15, 0.2) is 48.5 Å². The highest BCUT2D eigenvalue weighted by Crippen LogP contribution is 2.24. The monoisotopic (exact) mass is 369 g/mol. The Morgan fingerprint density at radius 1 is 1.00 bits per heavy atom. The molecule has 27 heavy (non-hydrogen) atoms. The van der Waals surface area contributed by atoms with Gasteiger partial charge in [0, 0.05) is 5.69 Å². The van der Waals surface area contributed by atoms with Gasteiger partial charge >= 0.3 is 5.97 Å². The summed E-state index contributed by atoms with van der Waals surface area (Å²) < 4.78 is 10.7. The van der Waals surface area contributed by atoms with Gasteiger partial charge in [0.1, 0.15) is 5.75 Å². The van der Waals surface area contributed by atoms with Gasteiger partial charge in [-0.05, 0) is 61.2 Å². The molecule has 0 aliphatic carbocycles. The van der Waals surface area contributed by atoms with Crippen LogP contribution in [0.4, 0.5) is 5.69 Å². The molecule has 0 heterocycles. The summed E-state index contributed by atoms with van der Waals surface area (Å²) in [5, 5.41) is 2.78. The third kappa shape index (κ3) is 5.84. The summed E-state index contributed by atoms with van der Waals surface area (Å²) in [6.45, 7) is 10.2. The number of ether oxygens (including phenoxy) is 2. The Bertz CT molecular complexity index is 773. The Hall–Kier alpha value is -2.82. The molecule has 2 aromatic rings. The molecule has 0 unspecified atom stereocenters. The zero-order chi connectivity index (χ0) is 20.0. The van der Waals surface area contributed by atoms with Crippen molar-refractivity contribution in [2.75, 3.05) is 11.9 Å². The third-order valence-corrected chi connectivity index (χ3v) is 4.07. The van der Waals surface area contributed by atoms with E-state index >= 15 is 0 Å². The Kier molecular flexibility index (Phi) is 6.61. The molecule has 1 atom stereocenters. The summed E-state index contributed by atoms with van der Waals surface area (Å²) in [4.78, 5) is 24.0. The molecule has 1 amide bonds. The summed E-state index contributed by atoms with van der Waals surface area (Å²) in [6.07, 6.45) is -0.657. The van der Waals surface area contributed by atoms with Gasteiger partial charge in [-0.25, -0.2) is 4.79 Å². The average Bonchev–Trinajstić information content (AvgIpc) is 2.62. The number of carbonyl (C=O) groups excluding carboxylic acids is 2. The van der Waals surface area contributed by atoms with Gasteiger partial charge in [0.15, 0.2) is 6.10 Å². The van der Waals surface area contributed by atoms with E-state index in [9.17, 15) is 9.59 Å². The van der Waals surface area contributed by atoms with Crippen molar-refractivity contribution in [2.24, 2.45) is 0 Å². The SMILES string of the molecule is CCOC(=O)c1ccc(NC(=O)[C@@H](C)Oc2ccc(C(C)(C)C)cc2)cc1. The van der Waals surface area contributed by atoms with E-state index in [-0.39, 0.29) is 17.3 Å². The summed E-state index contributed by atoms with van der Waals surface area (Å²) in [6, 6.07) is 14.3. The highest BCUT2D eigenvalue weighted by molar-refractivity contribution is 5.95. The predicted octanol–water partition coefficient (Wildman–Crippen LogP) is 4.57. The molecule has 0 aliphatic rings. The number of hydrogen-bond acceptors (Lipinski definition) is 4. The second kappa shape index (κ2) is 8.71. The molecule has 0 spiro atoms. The molecule has 0 bridgehead atoms. The smallest absolute Gasteiger partial charge is 0.338 e. The van der Waals surface area contributed by atoms with Crippen LogP contribution in [0, 0.1) is 0 Å². The van der Waals surface area contributed by atoms with E-state index < -0.39 is 6.10 Å². The molecular weight excluding hydrogens is 342 g/mol. The zero-order valence-corrected chi connectivity index (χ0v) is 16.5. The lowest BCUT2D eigenvalue weighted by atomic mass is 9.87. The summed E-state index contributed by atoms with van der Waals surface area (Å²) >= 11 is 0. The fourth-order valence-corrected chi connectivity index (χ4v) is 2.44. The molecule has 2 aromatic carbocycles. The van der Waals surface area contributed by atoms with Crippen LogP contribution in [0.3, 0.4) is 0 Å². The minimum absolute atomic E-state index is 0.0667. The minimum Gasteiger partial charge on any atom is -0.481 e. The first-order valence-corrected chi connectivity index (χ1v) is 9.06.